The van der Waals surface area contributed by atoms with E-state index in [4.69, 9.17) is 17.3 Å². The molecule has 2 rings (SSSR count). The van der Waals surface area contributed by atoms with Crippen molar-refractivity contribution in [1.29, 1.82) is 0 Å². The van der Waals surface area contributed by atoms with Gasteiger partial charge in [0.1, 0.15) is 10.8 Å². The monoisotopic (exact) mass is 263 g/mol. The second-order valence-electron chi connectivity index (χ2n) is 4.96. The Bertz CT molecular complexity index is 541. The standard InChI is InChI=1S/C14H18ClN3/c1-9(2)8-10-4-6-11(7-5-10)12-13(15)18(3)14(16)17-12/h4-7,9H,8H2,1-3H3,(H2,16,17). The molecule has 0 aliphatic heterocycles. The van der Waals surface area contributed by atoms with Gasteiger partial charge >= 0.3 is 0 Å². The van der Waals surface area contributed by atoms with Gasteiger partial charge in [0.2, 0.25) is 5.95 Å². The first kappa shape index (κ1) is 13.0. The third-order valence-electron chi connectivity index (χ3n) is 2.93. The van der Waals surface area contributed by atoms with E-state index in [1.165, 1.54) is 5.56 Å². The molecule has 96 valence electrons. The first-order valence-corrected chi connectivity index (χ1v) is 6.44. The molecule has 0 saturated heterocycles. The minimum atomic E-state index is 0.432. The summed E-state index contributed by atoms with van der Waals surface area (Å²) < 4.78 is 1.68. The van der Waals surface area contributed by atoms with E-state index in [9.17, 15) is 0 Å². The number of benzene rings is 1. The summed E-state index contributed by atoms with van der Waals surface area (Å²) in [5.41, 5.74) is 8.81. The molecular formula is C14H18ClN3. The first-order valence-electron chi connectivity index (χ1n) is 6.06. The van der Waals surface area contributed by atoms with Crippen LogP contribution >= 0.6 is 11.6 Å². The summed E-state index contributed by atoms with van der Waals surface area (Å²) in [4.78, 5) is 4.28. The summed E-state index contributed by atoms with van der Waals surface area (Å²) in [6.45, 7) is 4.43. The van der Waals surface area contributed by atoms with E-state index >= 15 is 0 Å². The van der Waals surface area contributed by atoms with Crippen LogP contribution in [0.15, 0.2) is 24.3 Å². The van der Waals surface area contributed by atoms with Crippen molar-refractivity contribution in [2.75, 3.05) is 5.73 Å². The number of halogens is 1. The maximum atomic E-state index is 6.19. The summed E-state index contributed by atoms with van der Waals surface area (Å²) in [6, 6.07) is 8.34. The van der Waals surface area contributed by atoms with Crippen LogP contribution in [0.25, 0.3) is 11.3 Å². The lowest BCUT2D eigenvalue weighted by Gasteiger charge is -2.05. The Kier molecular flexibility index (Phi) is 3.62. The fourth-order valence-electron chi connectivity index (χ4n) is 1.95. The van der Waals surface area contributed by atoms with E-state index in [-0.39, 0.29) is 0 Å². The van der Waals surface area contributed by atoms with E-state index in [1.54, 1.807) is 11.6 Å². The number of nitrogens with two attached hydrogens (primary N) is 1. The molecule has 0 bridgehead atoms. The zero-order valence-corrected chi connectivity index (χ0v) is 11.7. The minimum absolute atomic E-state index is 0.432. The predicted octanol–water partition coefficient (Wildman–Crippen LogP) is 3.52. The lowest BCUT2D eigenvalue weighted by Crippen LogP contribution is -1.96. The second-order valence-corrected chi connectivity index (χ2v) is 5.32. The van der Waals surface area contributed by atoms with Crippen LogP contribution < -0.4 is 5.73 Å². The van der Waals surface area contributed by atoms with Gasteiger partial charge in [-0.05, 0) is 17.9 Å². The van der Waals surface area contributed by atoms with Crippen LogP contribution in [0.4, 0.5) is 5.95 Å². The molecule has 0 unspecified atom stereocenters. The zero-order chi connectivity index (χ0) is 13.3. The molecule has 18 heavy (non-hydrogen) atoms. The molecule has 2 N–H and O–H groups in total. The molecule has 0 radical (unpaired) electrons. The van der Waals surface area contributed by atoms with Crippen LogP contribution in [0.1, 0.15) is 19.4 Å². The van der Waals surface area contributed by atoms with Gasteiger partial charge in [0.25, 0.3) is 0 Å². The summed E-state index contributed by atoms with van der Waals surface area (Å²) in [5.74, 6) is 1.09. The number of rotatable bonds is 3. The lowest BCUT2D eigenvalue weighted by molar-refractivity contribution is 0.647. The van der Waals surface area contributed by atoms with Crippen molar-refractivity contribution in [2.45, 2.75) is 20.3 Å². The Labute approximate surface area is 113 Å². The van der Waals surface area contributed by atoms with Crippen molar-refractivity contribution in [1.82, 2.24) is 9.55 Å². The summed E-state index contributed by atoms with van der Waals surface area (Å²) >= 11 is 6.19. The number of nitrogens with zero attached hydrogens (tertiary/aromatic N) is 2. The molecule has 1 aromatic heterocycles. The Hall–Kier alpha value is -1.48. The molecule has 0 fully saturated rings. The average molecular weight is 264 g/mol. The van der Waals surface area contributed by atoms with Gasteiger partial charge < -0.3 is 10.3 Å². The van der Waals surface area contributed by atoms with Gasteiger partial charge in [-0.2, -0.15) is 0 Å². The van der Waals surface area contributed by atoms with E-state index in [1.807, 2.05) is 12.1 Å². The number of nitrogen functional groups attached to an aromatic ring is 1. The third kappa shape index (κ3) is 2.51. The highest BCUT2D eigenvalue weighted by Gasteiger charge is 2.12. The molecule has 1 aromatic carbocycles. The summed E-state index contributed by atoms with van der Waals surface area (Å²) in [7, 11) is 1.81. The zero-order valence-electron chi connectivity index (χ0n) is 10.9. The van der Waals surface area contributed by atoms with Gasteiger partial charge in [0.05, 0.1) is 0 Å². The van der Waals surface area contributed by atoms with E-state index in [0.29, 0.717) is 17.0 Å². The number of anilines is 1. The first-order chi connectivity index (χ1) is 8.49. The van der Waals surface area contributed by atoms with Crippen molar-refractivity contribution in [3.63, 3.8) is 0 Å². The highest BCUT2D eigenvalue weighted by atomic mass is 35.5. The van der Waals surface area contributed by atoms with Crippen LogP contribution in [0, 0.1) is 5.92 Å². The van der Waals surface area contributed by atoms with Crippen LogP contribution in [-0.2, 0) is 13.5 Å². The lowest BCUT2D eigenvalue weighted by atomic mass is 10.0. The van der Waals surface area contributed by atoms with Gasteiger partial charge in [-0.15, -0.1) is 0 Å². The molecule has 0 spiro atoms. The molecule has 0 aliphatic carbocycles. The number of imidazole rings is 1. The normalized spacial score (nSPS) is 11.2. The molecule has 0 aliphatic rings. The van der Waals surface area contributed by atoms with E-state index in [2.05, 4.69) is 31.0 Å². The van der Waals surface area contributed by atoms with Crippen LogP contribution in [-0.4, -0.2) is 9.55 Å². The highest BCUT2D eigenvalue weighted by Crippen LogP contribution is 2.28. The molecular weight excluding hydrogens is 246 g/mol. The number of hydrogen-bond acceptors (Lipinski definition) is 2. The second kappa shape index (κ2) is 5.02. The predicted molar refractivity (Wildman–Crippen MR) is 76.6 cm³/mol. The smallest absolute Gasteiger partial charge is 0.201 e. The average Bonchev–Trinajstić information content (AvgIpc) is 2.57. The van der Waals surface area contributed by atoms with Gasteiger partial charge in [0.15, 0.2) is 0 Å². The van der Waals surface area contributed by atoms with Crippen molar-refractivity contribution in [2.24, 2.45) is 13.0 Å². The van der Waals surface area contributed by atoms with Crippen LogP contribution in [0.3, 0.4) is 0 Å². The molecule has 0 amide bonds. The Morgan fingerprint density at radius 2 is 1.89 bits per heavy atom. The van der Waals surface area contributed by atoms with Crippen molar-refractivity contribution >= 4 is 17.5 Å². The van der Waals surface area contributed by atoms with Crippen LogP contribution in [0.5, 0.6) is 0 Å². The molecule has 1 heterocycles. The highest BCUT2D eigenvalue weighted by molar-refractivity contribution is 6.32. The Morgan fingerprint density at radius 3 is 2.33 bits per heavy atom. The van der Waals surface area contributed by atoms with E-state index in [0.717, 1.165) is 17.7 Å². The molecule has 3 nitrogen and oxygen atoms in total. The van der Waals surface area contributed by atoms with Gasteiger partial charge in [0, 0.05) is 12.6 Å². The largest absolute Gasteiger partial charge is 0.369 e. The fraction of sp³-hybridized carbons (Fsp3) is 0.357. The van der Waals surface area contributed by atoms with Gasteiger partial charge in [-0.3, -0.25) is 0 Å². The summed E-state index contributed by atoms with van der Waals surface area (Å²) in [5, 5.41) is 0.573. The maximum absolute atomic E-state index is 6.19. The van der Waals surface area contributed by atoms with Crippen molar-refractivity contribution < 1.29 is 0 Å². The van der Waals surface area contributed by atoms with Gasteiger partial charge in [-0.25, -0.2) is 4.98 Å². The van der Waals surface area contributed by atoms with E-state index < -0.39 is 0 Å². The quantitative estimate of drug-likeness (QED) is 0.921. The number of hydrogen-bond donors (Lipinski definition) is 1. The van der Waals surface area contributed by atoms with Gasteiger partial charge in [-0.1, -0.05) is 49.7 Å². The molecule has 4 heteroatoms. The van der Waals surface area contributed by atoms with Crippen molar-refractivity contribution in [3.05, 3.63) is 35.0 Å². The fourth-order valence-corrected chi connectivity index (χ4v) is 2.19. The molecule has 0 saturated carbocycles. The third-order valence-corrected chi connectivity index (χ3v) is 3.36. The molecule has 2 aromatic rings. The topological polar surface area (TPSA) is 43.8 Å². The minimum Gasteiger partial charge on any atom is -0.369 e. The maximum Gasteiger partial charge on any atom is 0.201 e. The summed E-state index contributed by atoms with van der Waals surface area (Å²) in [6.07, 6.45) is 1.08. The molecule has 0 atom stereocenters. The Balaban J connectivity index is 2.31. The SMILES string of the molecule is CC(C)Cc1ccc(-c2nc(N)n(C)c2Cl)cc1. The van der Waals surface area contributed by atoms with Crippen LogP contribution in [0.2, 0.25) is 5.15 Å². The Morgan fingerprint density at radius 1 is 1.28 bits per heavy atom. The van der Waals surface area contributed by atoms with Crippen molar-refractivity contribution in [3.8, 4) is 11.3 Å². The number of aromatic nitrogens is 2.